The largest absolute Gasteiger partial charge is 0.381 e. The van der Waals surface area contributed by atoms with Crippen molar-refractivity contribution < 1.29 is 13.2 Å². The van der Waals surface area contributed by atoms with Gasteiger partial charge in [-0.1, -0.05) is 0 Å². The molecule has 7 nitrogen and oxygen atoms in total. The van der Waals surface area contributed by atoms with E-state index < -0.39 is 9.84 Å². The van der Waals surface area contributed by atoms with Crippen LogP contribution in [-0.2, 0) is 14.6 Å². The van der Waals surface area contributed by atoms with E-state index >= 15 is 0 Å². The van der Waals surface area contributed by atoms with Gasteiger partial charge in [0.2, 0.25) is 0 Å². The minimum Gasteiger partial charge on any atom is -0.381 e. The first-order chi connectivity index (χ1) is 11.5. The Labute approximate surface area is 145 Å². The first kappa shape index (κ1) is 16.2. The fraction of sp³-hybridized carbons (Fsp3) is 0.667. The number of hydrogen-bond acceptors (Lipinski definition) is 7. The average molecular weight is 368 g/mol. The van der Waals surface area contributed by atoms with Crippen molar-refractivity contribution in [1.29, 1.82) is 0 Å². The summed E-state index contributed by atoms with van der Waals surface area (Å²) in [7, 11) is -2.98. The van der Waals surface area contributed by atoms with Crippen LogP contribution in [-0.4, -0.2) is 52.9 Å². The first-order valence-corrected chi connectivity index (χ1v) is 10.9. The zero-order chi connectivity index (χ0) is 16.7. The summed E-state index contributed by atoms with van der Waals surface area (Å²) in [6.45, 7) is 3.40. The lowest BCUT2D eigenvalue weighted by molar-refractivity contribution is 0.0835. The summed E-state index contributed by atoms with van der Waals surface area (Å²) in [4.78, 5) is 9.28. The van der Waals surface area contributed by atoms with Gasteiger partial charge in [-0.05, 0) is 26.2 Å². The smallest absolute Gasteiger partial charge is 0.178 e. The minimum atomic E-state index is -2.98. The fourth-order valence-corrected chi connectivity index (χ4v) is 5.62. The van der Waals surface area contributed by atoms with Gasteiger partial charge in [0.15, 0.2) is 21.5 Å². The highest BCUT2D eigenvalue weighted by molar-refractivity contribution is 7.91. The van der Waals surface area contributed by atoms with Crippen molar-refractivity contribution in [3.63, 3.8) is 0 Å². The molecule has 2 fully saturated rings. The Bertz CT molecular complexity index is 837. The van der Waals surface area contributed by atoms with Crippen molar-refractivity contribution in [1.82, 2.24) is 19.7 Å². The normalized spacial score (nSPS) is 24.5. The molecule has 2 aromatic heterocycles. The number of rotatable bonds is 3. The molecule has 0 unspecified atom stereocenters. The zero-order valence-corrected chi connectivity index (χ0v) is 15.1. The Morgan fingerprint density at radius 1 is 1.25 bits per heavy atom. The van der Waals surface area contributed by atoms with Crippen LogP contribution in [0, 0.1) is 6.92 Å². The Morgan fingerprint density at radius 3 is 2.67 bits per heavy atom. The van der Waals surface area contributed by atoms with Crippen molar-refractivity contribution in [2.24, 2.45) is 0 Å². The average Bonchev–Trinajstić information content (AvgIpc) is 3.26. The minimum absolute atomic E-state index is 0.139. The molecule has 130 valence electrons. The molecular weight excluding hydrogens is 348 g/mol. The lowest BCUT2D eigenvalue weighted by Crippen LogP contribution is -2.17. The van der Waals surface area contributed by atoms with Gasteiger partial charge < -0.3 is 4.74 Å². The van der Waals surface area contributed by atoms with E-state index in [-0.39, 0.29) is 23.5 Å². The Hall–Kier alpha value is -1.32. The number of aryl methyl sites for hydroxylation is 1. The molecule has 2 aliphatic heterocycles. The van der Waals surface area contributed by atoms with Gasteiger partial charge in [-0.15, -0.1) is 11.3 Å². The molecule has 4 heterocycles. The van der Waals surface area contributed by atoms with Gasteiger partial charge in [0.1, 0.15) is 5.69 Å². The number of ether oxygens (including phenoxy) is 1. The maximum atomic E-state index is 11.9. The summed E-state index contributed by atoms with van der Waals surface area (Å²) in [5.74, 6) is 2.13. The quantitative estimate of drug-likeness (QED) is 0.823. The predicted octanol–water partition coefficient (Wildman–Crippen LogP) is 1.96. The van der Waals surface area contributed by atoms with Crippen molar-refractivity contribution in [3.05, 3.63) is 16.2 Å². The number of aromatic nitrogens is 4. The van der Waals surface area contributed by atoms with Crippen LogP contribution < -0.4 is 0 Å². The molecule has 1 atom stereocenters. The standard InChI is InChI=1S/C15H20N4O3S2/c1-10-16-13(8-23-10)15-17-14(11-2-5-22-6-3-11)18-19(15)12-4-7-24(20,21)9-12/h8,11-12H,2-7,9H2,1H3/t12-/m0/s1. The van der Waals surface area contributed by atoms with Gasteiger partial charge >= 0.3 is 0 Å². The summed E-state index contributed by atoms with van der Waals surface area (Å²) < 4.78 is 31.0. The van der Waals surface area contributed by atoms with Crippen LogP contribution >= 0.6 is 11.3 Å². The van der Waals surface area contributed by atoms with E-state index in [2.05, 4.69) is 4.98 Å². The van der Waals surface area contributed by atoms with E-state index in [0.717, 1.165) is 42.6 Å². The Kier molecular flexibility index (Phi) is 4.17. The molecule has 0 amide bonds. The van der Waals surface area contributed by atoms with Gasteiger partial charge in [-0.25, -0.2) is 23.1 Å². The van der Waals surface area contributed by atoms with E-state index in [9.17, 15) is 8.42 Å². The summed E-state index contributed by atoms with van der Waals surface area (Å²) >= 11 is 1.56. The van der Waals surface area contributed by atoms with E-state index in [0.29, 0.717) is 12.2 Å². The molecule has 0 spiro atoms. The highest BCUT2D eigenvalue weighted by Crippen LogP contribution is 2.32. The highest BCUT2D eigenvalue weighted by Gasteiger charge is 2.33. The molecule has 0 bridgehead atoms. The molecule has 9 heteroatoms. The third-order valence-electron chi connectivity index (χ3n) is 4.64. The van der Waals surface area contributed by atoms with Crippen LogP contribution in [0.15, 0.2) is 5.38 Å². The third kappa shape index (κ3) is 3.12. The van der Waals surface area contributed by atoms with Gasteiger partial charge in [0.25, 0.3) is 0 Å². The maximum Gasteiger partial charge on any atom is 0.178 e. The van der Waals surface area contributed by atoms with Gasteiger partial charge in [0, 0.05) is 24.5 Å². The van der Waals surface area contributed by atoms with E-state index in [1.54, 1.807) is 11.3 Å². The predicted molar refractivity (Wildman–Crippen MR) is 91.0 cm³/mol. The monoisotopic (exact) mass is 368 g/mol. The Morgan fingerprint density at radius 2 is 2.04 bits per heavy atom. The second-order valence-electron chi connectivity index (χ2n) is 6.43. The van der Waals surface area contributed by atoms with Crippen molar-refractivity contribution in [2.45, 2.75) is 38.1 Å². The summed E-state index contributed by atoms with van der Waals surface area (Å²) in [5.41, 5.74) is 0.785. The number of nitrogens with zero attached hydrogens (tertiary/aromatic N) is 4. The van der Waals surface area contributed by atoms with Gasteiger partial charge in [-0.2, -0.15) is 5.10 Å². The molecule has 2 saturated heterocycles. The fourth-order valence-electron chi connectivity index (χ4n) is 3.33. The molecule has 24 heavy (non-hydrogen) atoms. The van der Waals surface area contributed by atoms with Crippen LogP contribution in [0.4, 0.5) is 0 Å². The number of sulfone groups is 1. The summed E-state index contributed by atoms with van der Waals surface area (Å²) in [6, 6.07) is -0.145. The van der Waals surface area contributed by atoms with Crippen LogP contribution in [0.25, 0.3) is 11.5 Å². The molecule has 2 aromatic rings. The topological polar surface area (TPSA) is 87.0 Å². The molecule has 0 aliphatic carbocycles. The molecule has 0 N–H and O–H groups in total. The van der Waals surface area contributed by atoms with Crippen molar-refractivity contribution in [2.75, 3.05) is 24.7 Å². The molecule has 2 aliphatic rings. The molecule has 4 rings (SSSR count). The van der Waals surface area contributed by atoms with Crippen LogP contribution in [0.5, 0.6) is 0 Å². The number of thiazole rings is 1. The SMILES string of the molecule is Cc1nc(-c2nc(C3CCOCC3)nn2[C@H]2CCS(=O)(=O)C2)cs1. The van der Waals surface area contributed by atoms with E-state index in [4.69, 9.17) is 14.8 Å². The zero-order valence-electron chi connectivity index (χ0n) is 13.5. The van der Waals surface area contributed by atoms with Crippen molar-refractivity contribution in [3.8, 4) is 11.5 Å². The van der Waals surface area contributed by atoms with Gasteiger partial charge in [-0.3, -0.25) is 0 Å². The second-order valence-corrected chi connectivity index (χ2v) is 9.72. The van der Waals surface area contributed by atoms with Crippen LogP contribution in [0.1, 0.15) is 42.1 Å². The van der Waals surface area contributed by atoms with E-state index in [1.807, 2.05) is 17.0 Å². The first-order valence-electron chi connectivity index (χ1n) is 8.19. The second kappa shape index (κ2) is 6.20. The maximum absolute atomic E-state index is 11.9. The highest BCUT2D eigenvalue weighted by atomic mass is 32.2. The third-order valence-corrected chi connectivity index (χ3v) is 7.16. The van der Waals surface area contributed by atoms with Crippen LogP contribution in [0.3, 0.4) is 0 Å². The molecule has 0 aromatic carbocycles. The van der Waals surface area contributed by atoms with Crippen LogP contribution in [0.2, 0.25) is 0 Å². The molecular formula is C15H20N4O3S2. The molecule has 0 radical (unpaired) electrons. The van der Waals surface area contributed by atoms with E-state index in [1.165, 1.54) is 0 Å². The number of hydrogen-bond donors (Lipinski definition) is 0. The van der Waals surface area contributed by atoms with Crippen molar-refractivity contribution >= 4 is 21.2 Å². The Balaban J connectivity index is 1.73. The lowest BCUT2D eigenvalue weighted by Gasteiger charge is -2.19. The summed E-state index contributed by atoms with van der Waals surface area (Å²) in [6.07, 6.45) is 2.40. The molecule has 0 saturated carbocycles. The summed E-state index contributed by atoms with van der Waals surface area (Å²) in [5, 5.41) is 7.65. The lowest BCUT2D eigenvalue weighted by atomic mass is 10.00. The van der Waals surface area contributed by atoms with Gasteiger partial charge in [0.05, 0.1) is 22.6 Å².